The van der Waals surface area contributed by atoms with Gasteiger partial charge in [-0.15, -0.1) is 5.75 Å². The van der Waals surface area contributed by atoms with E-state index in [9.17, 15) is 25.3 Å². The van der Waals surface area contributed by atoms with Crippen molar-refractivity contribution < 1.29 is 15.0 Å². The SMILES string of the molecule is O=[N+]([O-])c1ccc(Nc2ccc(N=Nc3ccc([O-])c(-c4ccccc4)c3)cc2)c([N+](=O)[O-])c1. The minimum absolute atomic E-state index is 0.110. The maximum Gasteiger partial charge on any atom is 0.299 e. The molecule has 0 saturated carbocycles. The maximum absolute atomic E-state index is 12.2. The molecule has 0 radical (unpaired) electrons. The second kappa shape index (κ2) is 9.57. The summed E-state index contributed by atoms with van der Waals surface area (Å²) in [7, 11) is 0. The maximum atomic E-state index is 12.2. The van der Waals surface area contributed by atoms with Crippen LogP contribution in [0.3, 0.4) is 0 Å². The number of nitrogens with one attached hydrogen (secondary N) is 1. The van der Waals surface area contributed by atoms with Gasteiger partial charge in [-0.05, 0) is 53.6 Å². The molecule has 0 aliphatic heterocycles. The minimum Gasteiger partial charge on any atom is -0.872 e. The Morgan fingerprint density at radius 3 is 2.06 bits per heavy atom. The Balaban J connectivity index is 1.51. The highest BCUT2D eigenvalue weighted by molar-refractivity contribution is 5.73. The van der Waals surface area contributed by atoms with Crippen molar-refractivity contribution >= 4 is 34.1 Å². The van der Waals surface area contributed by atoms with Crippen molar-refractivity contribution in [3.05, 3.63) is 111 Å². The van der Waals surface area contributed by atoms with Gasteiger partial charge in [0.05, 0.1) is 27.3 Å². The topological polar surface area (TPSA) is 146 Å². The van der Waals surface area contributed by atoms with Crippen LogP contribution in [-0.4, -0.2) is 9.85 Å². The van der Waals surface area contributed by atoms with Gasteiger partial charge in [0.15, 0.2) is 0 Å². The van der Waals surface area contributed by atoms with E-state index in [1.807, 2.05) is 30.3 Å². The number of nitrogens with zero attached hydrogens (tertiary/aromatic N) is 4. The van der Waals surface area contributed by atoms with Gasteiger partial charge in [0.1, 0.15) is 5.69 Å². The first-order chi connectivity index (χ1) is 16.4. The van der Waals surface area contributed by atoms with Crippen LogP contribution in [0.15, 0.2) is 101 Å². The molecule has 168 valence electrons. The summed E-state index contributed by atoms with van der Waals surface area (Å²) in [5.41, 5.74) is 2.23. The molecule has 0 aliphatic rings. The van der Waals surface area contributed by atoms with Crippen molar-refractivity contribution in [2.75, 3.05) is 5.32 Å². The lowest BCUT2D eigenvalue weighted by Gasteiger charge is -2.13. The average Bonchev–Trinajstić information content (AvgIpc) is 2.85. The van der Waals surface area contributed by atoms with Crippen LogP contribution >= 0.6 is 0 Å². The van der Waals surface area contributed by atoms with Gasteiger partial charge in [0, 0.05) is 11.8 Å². The first-order valence-electron chi connectivity index (χ1n) is 9.99. The Labute approximate surface area is 193 Å². The van der Waals surface area contributed by atoms with Gasteiger partial charge >= 0.3 is 0 Å². The van der Waals surface area contributed by atoms with Gasteiger partial charge in [0.25, 0.3) is 11.4 Å². The second-order valence-corrected chi connectivity index (χ2v) is 7.13. The van der Waals surface area contributed by atoms with Crippen LogP contribution in [0.1, 0.15) is 0 Å². The fraction of sp³-hybridized carbons (Fsp3) is 0. The molecule has 1 N–H and O–H groups in total. The molecule has 0 amide bonds. The molecule has 0 saturated heterocycles. The van der Waals surface area contributed by atoms with E-state index in [-0.39, 0.29) is 17.1 Å². The molecule has 10 heteroatoms. The first kappa shape index (κ1) is 22.1. The molecule has 0 aromatic heterocycles. The Morgan fingerprint density at radius 2 is 1.38 bits per heavy atom. The Morgan fingerprint density at radius 1 is 0.706 bits per heavy atom. The van der Waals surface area contributed by atoms with E-state index < -0.39 is 15.5 Å². The summed E-state index contributed by atoms with van der Waals surface area (Å²) in [5, 5.41) is 45.6. The summed E-state index contributed by atoms with van der Waals surface area (Å²) >= 11 is 0. The quantitative estimate of drug-likeness (QED) is 0.194. The van der Waals surface area contributed by atoms with E-state index in [1.54, 1.807) is 36.4 Å². The lowest BCUT2D eigenvalue weighted by molar-refractivity contribution is -0.393. The molecular formula is C24H16N5O5-. The van der Waals surface area contributed by atoms with Crippen LogP contribution in [0.2, 0.25) is 0 Å². The number of non-ortho nitro benzene ring substituents is 1. The van der Waals surface area contributed by atoms with Crippen LogP contribution in [-0.2, 0) is 0 Å². The van der Waals surface area contributed by atoms with Crippen molar-refractivity contribution in [3.63, 3.8) is 0 Å². The number of nitro groups is 2. The predicted molar refractivity (Wildman–Crippen MR) is 125 cm³/mol. The Kier molecular flexibility index (Phi) is 6.22. The monoisotopic (exact) mass is 454 g/mol. The highest BCUT2D eigenvalue weighted by atomic mass is 16.6. The predicted octanol–water partition coefficient (Wildman–Crippen LogP) is 6.40. The standard InChI is InChI=1S/C24H17N5O5/c30-24-13-10-19(14-21(24)16-4-2-1-3-5-16)27-26-18-8-6-17(7-9-18)25-22-12-11-20(28(31)32)15-23(22)29(33)34/h1-15,25,30H/p-1. The Bertz CT molecular complexity index is 1390. The third-order valence-electron chi connectivity index (χ3n) is 4.86. The largest absolute Gasteiger partial charge is 0.872 e. The van der Waals surface area contributed by atoms with Crippen molar-refractivity contribution in [1.29, 1.82) is 0 Å². The summed E-state index contributed by atoms with van der Waals surface area (Å²) in [6, 6.07) is 24.0. The van der Waals surface area contributed by atoms with E-state index in [0.717, 1.165) is 11.6 Å². The van der Waals surface area contributed by atoms with Crippen LogP contribution in [0.5, 0.6) is 5.75 Å². The molecule has 0 fully saturated rings. The van der Waals surface area contributed by atoms with E-state index in [2.05, 4.69) is 15.5 Å². The van der Waals surface area contributed by atoms with Crippen LogP contribution in [0, 0.1) is 20.2 Å². The number of hydrogen-bond acceptors (Lipinski definition) is 8. The zero-order chi connectivity index (χ0) is 24.1. The van der Waals surface area contributed by atoms with Gasteiger partial charge in [0.2, 0.25) is 0 Å². The third kappa shape index (κ3) is 5.02. The second-order valence-electron chi connectivity index (χ2n) is 7.13. The van der Waals surface area contributed by atoms with Crippen molar-refractivity contribution in [1.82, 2.24) is 0 Å². The summed E-state index contributed by atoms with van der Waals surface area (Å²) in [6.07, 6.45) is 0. The lowest BCUT2D eigenvalue weighted by atomic mass is 10.0. The molecule has 4 aromatic rings. The number of hydrogen-bond donors (Lipinski definition) is 1. The normalized spacial score (nSPS) is 10.8. The highest BCUT2D eigenvalue weighted by Gasteiger charge is 2.19. The Hall–Kier alpha value is -5.12. The number of nitro benzene ring substituents is 2. The summed E-state index contributed by atoms with van der Waals surface area (Å²) < 4.78 is 0. The fourth-order valence-corrected chi connectivity index (χ4v) is 3.20. The van der Waals surface area contributed by atoms with Crippen molar-refractivity contribution in [3.8, 4) is 16.9 Å². The zero-order valence-electron chi connectivity index (χ0n) is 17.5. The smallest absolute Gasteiger partial charge is 0.299 e. The number of rotatable bonds is 7. The van der Waals surface area contributed by atoms with Crippen LogP contribution < -0.4 is 10.4 Å². The van der Waals surface area contributed by atoms with Gasteiger partial charge in [-0.3, -0.25) is 20.2 Å². The summed E-state index contributed by atoms with van der Waals surface area (Å²) in [4.78, 5) is 20.8. The highest BCUT2D eigenvalue weighted by Crippen LogP contribution is 2.33. The molecule has 34 heavy (non-hydrogen) atoms. The molecule has 0 heterocycles. The fourth-order valence-electron chi connectivity index (χ4n) is 3.20. The molecule has 10 nitrogen and oxygen atoms in total. The van der Waals surface area contributed by atoms with E-state index in [4.69, 9.17) is 0 Å². The van der Waals surface area contributed by atoms with Gasteiger partial charge in [-0.1, -0.05) is 36.4 Å². The number of azo groups is 1. The molecule has 4 rings (SSSR count). The average molecular weight is 454 g/mol. The molecular weight excluding hydrogens is 438 g/mol. The van der Waals surface area contributed by atoms with Gasteiger partial charge < -0.3 is 10.4 Å². The molecule has 0 unspecified atom stereocenters. The molecule has 0 spiro atoms. The van der Waals surface area contributed by atoms with Crippen LogP contribution in [0.4, 0.5) is 34.1 Å². The number of benzene rings is 4. The van der Waals surface area contributed by atoms with Gasteiger partial charge in [-0.2, -0.15) is 10.2 Å². The number of anilines is 2. The lowest BCUT2D eigenvalue weighted by Crippen LogP contribution is -1.98. The molecule has 0 aliphatic carbocycles. The molecule has 4 aromatic carbocycles. The zero-order valence-corrected chi connectivity index (χ0v) is 17.5. The van der Waals surface area contributed by atoms with E-state index in [1.165, 1.54) is 18.2 Å². The molecule has 0 bridgehead atoms. The third-order valence-corrected chi connectivity index (χ3v) is 4.86. The van der Waals surface area contributed by atoms with Gasteiger partial charge in [-0.25, -0.2) is 0 Å². The minimum atomic E-state index is -0.690. The van der Waals surface area contributed by atoms with Crippen LogP contribution in [0.25, 0.3) is 11.1 Å². The first-order valence-corrected chi connectivity index (χ1v) is 9.99. The van der Waals surface area contributed by atoms with E-state index in [0.29, 0.717) is 22.6 Å². The van der Waals surface area contributed by atoms with Crippen molar-refractivity contribution in [2.45, 2.75) is 0 Å². The summed E-state index contributed by atoms with van der Waals surface area (Å²) in [5.74, 6) is -0.110. The van der Waals surface area contributed by atoms with E-state index >= 15 is 0 Å². The molecule has 0 atom stereocenters. The summed E-state index contributed by atoms with van der Waals surface area (Å²) in [6.45, 7) is 0. The van der Waals surface area contributed by atoms with Crippen molar-refractivity contribution in [2.24, 2.45) is 10.2 Å².